The number of nitrogens with zero attached hydrogens (tertiary/aromatic N) is 4. The van der Waals surface area contributed by atoms with Gasteiger partial charge in [0, 0.05) is 5.69 Å². The van der Waals surface area contributed by atoms with Crippen molar-refractivity contribution in [2.75, 3.05) is 0 Å². The van der Waals surface area contributed by atoms with E-state index in [1.54, 1.807) is 10.7 Å². The van der Waals surface area contributed by atoms with Crippen molar-refractivity contribution in [1.82, 2.24) is 19.6 Å². The van der Waals surface area contributed by atoms with Crippen LogP contribution in [0.4, 0.5) is 0 Å². The number of aryl methyl sites for hydroxylation is 2. The predicted octanol–water partition coefficient (Wildman–Crippen LogP) is 3.45. The molecule has 2 aromatic heterocycles. The predicted molar refractivity (Wildman–Crippen MR) is 87.4 cm³/mol. The van der Waals surface area contributed by atoms with Crippen molar-refractivity contribution in [2.24, 2.45) is 0 Å². The Kier molecular flexibility index (Phi) is 3.70. The third kappa shape index (κ3) is 2.39. The average Bonchev–Trinajstić information content (AvgIpc) is 3.03. The number of para-hydroxylation sites is 1. The second kappa shape index (κ2) is 5.53. The number of hydrogen-bond acceptors (Lipinski definition) is 3. The van der Waals surface area contributed by atoms with Gasteiger partial charge >= 0.3 is 0 Å². The Morgan fingerprint density at radius 3 is 2.36 bits per heavy atom. The molecule has 5 nitrogen and oxygen atoms in total. The Balaban J connectivity index is 2.03. The summed E-state index contributed by atoms with van der Waals surface area (Å²) in [6, 6.07) is 11.5. The van der Waals surface area contributed by atoms with Gasteiger partial charge in [0.15, 0.2) is 5.69 Å². The number of carbonyl (C=O) groups excluding carboxylic acids is 1. The van der Waals surface area contributed by atoms with E-state index in [2.05, 4.69) is 26.1 Å². The first kappa shape index (κ1) is 14.7. The molecule has 0 atom stereocenters. The molecule has 6 heteroatoms. The van der Waals surface area contributed by atoms with Gasteiger partial charge in [0.1, 0.15) is 0 Å². The highest BCUT2D eigenvalue weighted by atomic mass is 79.9. The van der Waals surface area contributed by atoms with Crippen molar-refractivity contribution >= 4 is 21.8 Å². The lowest BCUT2D eigenvalue weighted by Gasteiger charge is -2.03. The molecule has 0 unspecified atom stereocenters. The summed E-state index contributed by atoms with van der Waals surface area (Å²) in [7, 11) is 0. The Labute approximate surface area is 136 Å². The largest absolute Gasteiger partial charge is 0.298 e. The van der Waals surface area contributed by atoms with Gasteiger partial charge in [0.05, 0.1) is 21.5 Å². The summed E-state index contributed by atoms with van der Waals surface area (Å²) in [5, 5.41) is 8.70. The van der Waals surface area contributed by atoms with E-state index in [0.29, 0.717) is 5.69 Å². The quantitative estimate of drug-likeness (QED) is 0.704. The summed E-state index contributed by atoms with van der Waals surface area (Å²) in [4.78, 5) is 12.6. The van der Waals surface area contributed by atoms with Crippen LogP contribution in [0.1, 0.15) is 27.6 Å². The van der Waals surface area contributed by atoms with Crippen LogP contribution in [0.2, 0.25) is 0 Å². The Bertz CT molecular complexity index is 849. The maximum Gasteiger partial charge on any atom is 0.298 e. The van der Waals surface area contributed by atoms with E-state index < -0.39 is 0 Å². The summed E-state index contributed by atoms with van der Waals surface area (Å²) >= 11 is 3.44. The molecule has 3 aromatic rings. The molecule has 0 bridgehead atoms. The molecule has 0 aliphatic rings. The molecule has 2 heterocycles. The van der Waals surface area contributed by atoms with E-state index >= 15 is 0 Å². The zero-order valence-corrected chi connectivity index (χ0v) is 14.1. The molecule has 0 fully saturated rings. The molecule has 22 heavy (non-hydrogen) atoms. The van der Waals surface area contributed by atoms with E-state index in [4.69, 9.17) is 0 Å². The fourth-order valence-electron chi connectivity index (χ4n) is 2.34. The summed E-state index contributed by atoms with van der Waals surface area (Å²) in [6.45, 7) is 5.63. The smallest absolute Gasteiger partial charge is 0.265 e. The van der Waals surface area contributed by atoms with Gasteiger partial charge in [-0.25, -0.2) is 4.68 Å². The van der Waals surface area contributed by atoms with E-state index in [9.17, 15) is 4.79 Å². The summed E-state index contributed by atoms with van der Waals surface area (Å²) < 4.78 is 3.99. The van der Waals surface area contributed by atoms with E-state index in [1.165, 1.54) is 4.68 Å². The average molecular weight is 359 g/mol. The van der Waals surface area contributed by atoms with E-state index in [-0.39, 0.29) is 5.91 Å². The molecule has 0 amide bonds. The minimum atomic E-state index is -0.232. The van der Waals surface area contributed by atoms with Crippen LogP contribution in [0.3, 0.4) is 0 Å². The molecule has 0 spiro atoms. The monoisotopic (exact) mass is 358 g/mol. The lowest BCUT2D eigenvalue weighted by Crippen LogP contribution is -2.16. The highest BCUT2D eigenvalue weighted by molar-refractivity contribution is 9.10. The molecule has 0 aliphatic heterocycles. The Morgan fingerprint density at radius 2 is 1.77 bits per heavy atom. The van der Waals surface area contributed by atoms with E-state index in [1.807, 2.05) is 51.1 Å². The van der Waals surface area contributed by atoms with Crippen LogP contribution in [0.15, 0.2) is 40.9 Å². The van der Waals surface area contributed by atoms with Gasteiger partial charge in [-0.3, -0.25) is 4.79 Å². The molecular weight excluding hydrogens is 344 g/mol. The standard InChI is InChI=1S/C16H15BrN4O/c1-10-9-14(19-20(10)13-7-5-4-6-8-13)16(22)21-12(3)15(17)11(2)18-21/h4-9H,1-3H3. The van der Waals surface area contributed by atoms with Gasteiger partial charge in [0.2, 0.25) is 0 Å². The Morgan fingerprint density at radius 1 is 1.09 bits per heavy atom. The summed E-state index contributed by atoms with van der Waals surface area (Å²) in [5.41, 5.74) is 3.75. The first-order chi connectivity index (χ1) is 10.5. The fraction of sp³-hybridized carbons (Fsp3) is 0.188. The molecular formula is C16H15BrN4O. The number of hydrogen-bond donors (Lipinski definition) is 0. The van der Waals surface area contributed by atoms with Gasteiger partial charge in [0.25, 0.3) is 5.91 Å². The topological polar surface area (TPSA) is 52.7 Å². The van der Waals surface area contributed by atoms with Gasteiger partial charge in [-0.1, -0.05) is 18.2 Å². The SMILES string of the molecule is Cc1nn(C(=O)c2cc(C)n(-c3ccccc3)n2)c(C)c1Br. The first-order valence-electron chi connectivity index (χ1n) is 6.87. The maximum absolute atomic E-state index is 12.6. The lowest BCUT2D eigenvalue weighted by molar-refractivity contribution is 0.0937. The third-order valence-corrected chi connectivity index (χ3v) is 4.65. The van der Waals surface area contributed by atoms with Crippen LogP contribution in [-0.4, -0.2) is 25.5 Å². The maximum atomic E-state index is 12.6. The van der Waals surface area contributed by atoms with Crippen molar-refractivity contribution in [3.05, 3.63) is 63.6 Å². The van der Waals surface area contributed by atoms with Crippen LogP contribution >= 0.6 is 15.9 Å². The highest BCUT2D eigenvalue weighted by Crippen LogP contribution is 2.21. The molecule has 1 aromatic carbocycles. The zero-order valence-electron chi connectivity index (χ0n) is 12.5. The van der Waals surface area contributed by atoms with Crippen molar-refractivity contribution in [3.63, 3.8) is 0 Å². The number of aromatic nitrogens is 4. The van der Waals surface area contributed by atoms with Gasteiger partial charge < -0.3 is 0 Å². The van der Waals surface area contributed by atoms with Gasteiger partial charge in [-0.15, -0.1) is 0 Å². The minimum absolute atomic E-state index is 0.232. The molecule has 0 aliphatic carbocycles. The first-order valence-corrected chi connectivity index (χ1v) is 7.67. The minimum Gasteiger partial charge on any atom is -0.265 e. The van der Waals surface area contributed by atoms with Gasteiger partial charge in [-0.05, 0) is 54.9 Å². The lowest BCUT2D eigenvalue weighted by atomic mass is 10.3. The van der Waals surface area contributed by atoms with Crippen molar-refractivity contribution in [3.8, 4) is 5.69 Å². The van der Waals surface area contributed by atoms with Gasteiger partial charge in [-0.2, -0.15) is 14.9 Å². The number of benzene rings is 1. The normalized spacial score (nSPS) is 10.9. The third-order valence-electron chi connectivity index (χ3n) is 3.50. The van der Waals surface area contributed by atoms with Crippen LogP contribution in [-0.2, 0) is 0 Å². The molecule has 0 N–H and O–H groups in total. The van der Waals surface area contributed by atoms with Crippen molar-refractivity contribution < 1.29 is 4.79 Å². The van der Waals surface area contributed by atoms with Crippen LogP contribution in [0.25, 0.3) is 5.69 Å². The fourth-order valence-corrected chi connectivity index (χ4v) is 2.59. The molecule has 3 rings (SSSR count). The molecule has 0 saturated carbocycles. The zero-order chi connectivity index (χ0) is 15.9. The number of carbonyl (C=O) groups is 1. The molecule has 112 valence electrons. The molecule has 0 saturated heterocycles. The number of halogens is 1. The van der Waals surface area contributed by atoms with E-state index in [0.717, 1.165) is 27.2 Å². The summed E-state index contributed by atoms with van der Waals surface area (Å²) in [5.74, 6) is -0.232. The Hall–Kier alpha value is -2.21. The van der Waals surface area contributed by atoms with Crippen LogP contribution < -0.4 is 0 Å². The second-order valence-corrected chi connectivity index (χ2v) is 5.91. The van der Waals surface area contributed by atoms with Crippen molar-refractivity contribution in [1.29, 1.82) is 0 Å². The van der Waals surface area contributed by atoms with Crippen LogP contribution in [0, 0.1) is 20.8 Å². The summed E-state index contributed by atoms with van der Waals surface area (Å²) in [6.07, 6.45) is 0. The van der Waals surface area contributed by atoms with Crippen LogP contribution in [0.5, 0.6) is 0 Å². The number of rotatable bonds is 2. The molecule has 0 radical (unpaired) electrons. The second-order valence-electron chi connectivity index (χ2n) is 5.12. The van der Waals surface area contributed by atoms with Crippen molar-refractivity contribution in [2.45, 2.75) is 20.8 Å². The highest BCUT2D eigenvalue weighted by Gasteiger charge is 2.20.